The Hall–Kier alpha value is -3.98. The zero-order chi connectivity index (χ0) is 23.6. The fourth-order valence-corrected chi connectivity index (χ4v) is 3.17. The predicted octanol–water partition coefficient (Wildman–Crippen LogP) is 3.56. The number of halogens is 1. The van der Waals surface area contributed by atoms with Crippen LogP contribution in [-0.2, 0) is 4.79 Å². The SMILES string of the molecule is COc1cc(/C=N\NC(=O)CNC(=O)c2ccccc2Br)ccc1OC(=O)c1ccccc1. The number of nitrogens with zero attached hydrogens (tertiary/aromatic N) is 1. The van der Waals surface area contributed by atoms with Gasteiger partial charge in [-0.3, -0.25) is 9.59 Å². The Morgan fingerprint density at radius 1 is 0.970 bits per heavy atom. The van der Waals surface area contributed by atoms with E-state index in [1.807, 2.05) is 0 Å². The molecule has 0 heterocycles. The summed E-state index contributed by atoms with van der Waals surface area (Å²) in [7, 11) is 1.45. The molecular formula is C24H20BrN3O5. The van der Waals surface area contributed by atoms with Crippen molar-refractivity contribution in [3.63, 3.8) is 0 Å². The van der Waals surface area contributed by atoms with Crippen molar-refractivity contribution in [1.82, 2.24) is 10.7 Å². The molecule has 0 aliphatic heterocycles. The number of methoxy groups -OCH3 is 1. The maximum absolute atomic E-state index is 12.2. The summed E-state index contributed by atoms with van der Waals surface area (Å²) in [6.45, 7) is -0.241. The van der Waals surface area contributed by atoms with Gasteiger partial charge >= 0.3 is 5.97 Å². The van der Waals surface area contributed by atoms with Crippen LogP contribution in [0.5, 0.6) is 11.5 Å². The van der Waals surface area contributed by atoms with Crippen molar-refractivity contribution in [2.24, 2.45) is 5.10 Å². The fourth-order valence-electron chi connectivity index (χ4n) is 2.70. The number of hydrogen-bond donors (Lipinski definition) is 2. The van der Waals surface area contributed by atoms with Gasteiger partial charge in [0.15, 0.2) is 11.5 Å². The van der Waals surface area contributed by atoms with Crippen molar-refractivity contribution in [3.8, 4) is 11.5 Å². The van der Waals surface area contributed by atoms with Crippen LogP contribution in [0.25, 0.3) is 0 Å². The monoisotopic (exact) mass is 509 g/mol. The van der Waals surface area contributed by atoms with Gasteiger partial charge in [-0.1, -0.05) is 30.3 Å². The second kappa shape index (κ2) is 11.6. The zero-order valence-electron chi connectivity index (χ0n) is 17.6. The highest BCUT2D eigenvalue weighted by molar-refractivity contribution is 9.10. The Balaban J connectivity index is 1.54. The normalized spacial score (nSPS) is 10.5. The molecule has 3 aromatic rings. The number of benzene rings is 3. The molecule has 0 unspecified atom stereocenters. The van der Waals surface area contributed by atoms with Crippen LogP contribution < -0.4 is 20.2 Å². The third-order valence-corrected chi connectivity index (χ3v) is 5.02. The molecule has 0 bridgehead atoms. The lowest BCUT2D eigenvalue weighted by Crippen LogP contribution is -2.35. The summed E-state index contributed by atoms with van der Waals surface area (Å²) in [4.78, 5) is 36.3. The number of ether oxygens (including phenoxy) is 2. The molecule has 8 nitrogen and oxygen atoms in total. The fraction of sp³-hybridized carbons (Fsp3) is 0.0833. The molecule has 33 heavy (non-hydrogen) atoms. The van der Waals surface area contributed by atoms with Crippen molar-refractivity contribution < 1.29 is 23.9 Å². The number of nitrogens with one attached hydrogen (secondary N) is 2. The molecule has 0 aliphatic carbocycles. The molecule has 0 spiro atoms. The standard InChI is InChI=1S/C24H20BrN3O5/c1-32-21-13-16(11-12-20(21)33-24(31)17-7-3-2-4-8-17)14-27-28-22(29)15-26-23(30)18-9-5-6-10-19(18)25/h2-14H,15H2,1H3,(H,26,30)(H,28,29)/b27-14-. The van der Waals surface area contributed by atoms with Crippen molar-refractivity contribution >= 4 is 39.9 Å². The van der Waals surface area contributed by atoms with Gasteiger partial charge in [-0.15, -0.1) is 0 Å². The largest absolute Gasteiger partial charge is 0.493 e. The number of carbonyl (C=O) groups excluding carboxylic acids is 3. The van der Waals surface area contributed by atoms with E-state index in [0.29, 0.717) is 26.9 Å². The summed E-state index contributed by atoms with van der Waals surface area (Å²) in [6, 6.07) is 20.3. The Kier molecular flexibility index (Phi) is 8.31. The smallest absolute Gasteiger partial charge is 0.343 e. The summed E-state index contributed by atoms with van der Waals surface area (Å²) < 4.78 is 11.3. The van der Waals surface area contributed by atoms with Gasteiger partial charge in [0, 0.05) is 4.47 Å². The Morgan fingerprint density at radius 3 is 2.42 bits per heavy atom. The lowest BCUT2D eigenvalue weighted by Gasteiger charge is -2.10. The first-order valence-electron chi connectivity index (χ1n) is 9.78. The number of rotatable bonds is 8. The zero-order valence-corrected chi connectivity index (χ0v) is 19.2. The van der Waals surface area contributed by atoms with Crippen LogP contribution in [0.1, 0.15) is 26.3 Å². The minimum absolute atomic E-state index is 0.241. The predicted molar refractivity (Wildman–Crippen MR) is 127 cm³/mol. The van der Waals surface area contributed by atoms with Crippen LogP contribution in [0, 0.1) is 0 Å². The second-order valence-corrected chi connectivity index (χ2v) is 7.48. The summed E-state index contributed by atoms with van der Waals surface area (Å²) in [5.41, 5.74) is 3.78. The molecule has 0 saturated carbocycles. The van der Waals surface area contributed by atoms with Gasteiger partial charge in [0.05, 0.1) is 31.0 Å². The maximum atomic E-state index is 12.2. The average molecular weight is 510 g/mol. The average Bonchev–Trinajstić information content (AvgIpc) is 2.84. The first kappa shape index (κ1) is 23.7. The van der Waals surface area contributed by atoms with Crippen molar-refractivity contribution in [2.45, 2.75) is 0 Å². The minimum atomic E-state index is -0.507. The molecule has 2 N–H and O–H groups in total. The highest BCUT2D eigenvalue weighted by atomic mass is 79.9. The van der Waals surface area contributed by atoms with Gasteiger partial charge in [-0.2, -0.15) is 5.10 Å². The van der Waals surface area contributed by atoms with E-state index < -0.39 is 11.9 Å². The molecule has 3 aromatic carbocycles. The Morgan fingerprint density at radius 2 is 1.70 bits per heavy atom. The van der Waals surface area contributed by atoms with Gasteiger partial charge in [0.2, 0.25) is 0 Å². The summed E-state index contributed by atoms with van der Waals surface area (Å²) in [5, 5.41) is 6.40. The van der Waals surface area contributed by atoms with Crippen LogP contribution in [0.2, 0.25) is 0 Å². The van der Waals surface area contributed by atoms with E-state index in [4.69, 9.17) is 9.47 Å². The van der Waals surface area contributed by atoms with Gasteiger partial charge in [0.1, 0.15) is 0 Å². The van der Waals surface area contributed by atoms with Gasteiger partial charge in [0.25, 0.3) is 11.8 Å². The van der Waals surface area contributed by atoms with Crippen LogP contribution in [0.15, 0.2) is 82.4 Å². The number of amides is 2. The van der Waals surface area contributed by atoms with Gasteiger partial charge in [-0.05, 0) is 64.0 Å². The van der Waals surface area contributed by atoms with Crippen LogP contribution in [0.3, 0.4) is 0 Å². The maximum Gasteiger partial charge on any atom is 0.343 e. The summed E-state index contributed by atoms with van der Waals surface area (Å²) >= 11 is 3.29. The third-order valence-electron chi connectivity index (χ3n) is 4.33. The number of esters is 1. The second-order valence-electron chi connectivity index (χ2n) is 6.62. The van der Waals surface area contributed by atoms with Crippen molar-refractivity contribution in [1.29, 1.82) is 0 Å². The van der Waals surface area contributed by atoms with Gasteiger partial charge in [-0.25, -0.2) is 10.2 Å². The molecule has 2 amide bonds. The molecule has 9 heteroatoms. The summed E-state index contributed by atoms with van der Waals surface area (Å²) in [6.07, 6.45) is 1.40. The lowest BCUT2D eigenvalue weighted by molar-refractivity contribution is -0.120. The molecule has 0 fully saturated rings. The molecule has 0 atom stereocenters. The van der Waals surface area contributed by atoms with E-state index in [9.17, 15) is 14.4 Å². The molecular weight excluding hydrogens is 490 g/mol. The molecule has 3 rings (SSSR count). The van der Waals surface area contributed by atoms with Crippen molar-refractivity contribution in [3.05, 3.63) is 94.0 Å². The van der Waals surface area contributed by atoms with Crippen LogP contribution >= 0.6 is 15.9 Å². The molecule has 168 valence electrons. The molecule has 0 aromatic heterocycles. The number of carbonyl (C=O) groups is 3. The van der Waals surface area contributed by atoms with Crippen LogP contribution in [0.4, 0.5) is 0 Å². The first-order chi connectivity index (χ1) is 16.0. The Labute approximate surface area is 198 Å². The van der Waals surface area contributed by atoms with E-state index in [1.165, 1.54) is 13.3 Å². The minimum Gasteiger partial charge on any atom is -0.493 e. The van der Waals surface area contributed by atoms with Crippen LogP contribution in [-0.4, -0.2) is 37.7 Å². The molecule has 0 saturated heterocycles. The van der Waals surface area contributed by atoms with E-state index in [-0.39, 0.29) is 18.2 Å². The number of hydrazone groups is 1. The lowest BCUT2D eigenvalue weighted by atomic mass is 10.2. The molecule has 0 aliphatic rings. The molecule has 0 radical (unpaired) electrons. The first-order valence-corrected chi connectivity index (χ1v) is 10.6. The van der Waals surface area contributed by atoms with E-state index in [2.05, 4.69) is 31.8 Å². The van der Waals surface area contributed by atoms with E-state index in [0.717, 1.165) is 0 Å². The van der Waals surface area contributed by atoms with Crippen molar-refractivity contribution in [2.75, 3.05) is 13.7 Å². The number of hydrogen-bond acceptors (Lipinski definition) is 6. The third kappa shape index (κ3) is 6.75. The highest BCUT2D eigenvalue weighted by Crippen LogP contribution is 2.28. The van der Waals surface area contributed by atoms with E-state index in [1.54, 1.807) is 72.8 Å². The highest BCUT2D eigenvalue weighted by Gasteiger charge is 2.13. The summed E-state index contributed by atoms with van der Waals surface area (Å²) in [5.74, 6) is -0.802. The quantitative estimate of drug-likeness (QED) is 0.209. The topological polar surface area (TPSA) is 106 Å². The van der Waals surface area contributed by atoms with Gasteiger partial charge < -0.3 is 14.8 Å². The van der Waals surface area contributed by atoms with E-state index >= 15 is 0 Å². The Bertz CT molecular complexity index is 1180.